The highest BCUT2D eigenvalue weighted by Crippen LogP contribution is 2.36. The van der Waals surface area contributed by atoms with E-state index in [2.05, 4.69) is 15.6 Å². The number of amides is 1. The van der Waals surface area contributed by atoms with Crippen molar-refractivity contribution in [1.29, 1.82) is 0 Å². The van der Waals surface area contributed by atoms with Gasteiger partial charge in [0.05, 0.1) is 18.2 Å². The minimum absolute atomic E-state index is 0.00489. The van der Waals surface area contributed by atoms with Crippen LogP contribution >= 0.6 is 0 Å². The van der Waals surface area contributed by atoms with Crippen LogP contribution in [0.5, 0.6) is 5.75 Å². The zero-order valence-corrected chi connectivity index (χ0v) is 17.6. The number of nitrogens with one attached hydrogen (secondary N) is 2. The van der Waals surface area contributed by atoms with Crippen LogP contribution < -0.4 is 15.4 Å². The quantitative estimate of drug-likeness (QED) is 0.553. The zero-order valence-electron chi connectivity index (χ0n) is 17.6. The summed E-state index contributed by atoms with van der Waals surface area (Å²) in [6.45, 7) is 0. The van der Waals surface area contributed by atoms with Crippen molar-refractivity contribution in [3.63, 3.8) is 0 Å². The molecule has 1 aliphatic carbocycles. The SMILES string of the molecule is COc1cccc(C(=O)NC2CCC(Nc3cc(C(F)(F)F)c4ccccc4n3)CC2)c1. The Morgan fingerprint density at radius 1 is 1.00 bits per heavy atom. The van der Waals surface area contributed by atoms with E-state index in [-0.39, 0.29) is 29.2 Å². The first-order valence-electron chi connectivity index (χ1n) is 10.5. The molecule has 1 heterocycles. The van der Waals surface area contributed by atoms with E-state index >= 15 is 0 Å². The van der Waals surface area contributed by atoms with Gasteiger partial charge in [-0.25, -0.2) is 4.98 Å². The van der Waals surface area contributed by atoms with Crippen LogP contribution in [0.1, 0.15) is 41.6 Å². The summed E-state index contributed by atoms with van der Waals surface area (Å²) in [7, 11) is 1.55. The van der Waals surface area contributed by atoms with Crippen molar-refractivity contribution in [3.8, 4) is 5.75 Å². The van der Waals surface area contributed by atoms with E-state index in [4.69, 9.17) is 4.74 Å². The molecule has 0 saturated heterocycles. The third kappa shape index (κ3) is 4.95. The number of fused-ring (bicyclic) bond motifs is 1. The number of hydrogen-bond donors (Lipinski definition) is 2. The highest BCUT2D eigenvalue weighted by atomic mass is 19.4. The minimum Gasteiger partial charge on any atom is -0.497 e. The number of alkyl halides is 3. The Morgan fingerprint density at radius 3 is 2.44 bits per heavy atom. The number of ether oxygens (including phenoxy) is 1. The highest BCUT2D eigenvalue weighted by molar-refractivity contribution is 5.94. The van der Waals surface area contributed by atoms with Gasteiger partial charge in [0.15, 0.2) is 0 Å². The summed E-state index contributed by atoms with van der Waals surface area (Å²) in [5.41, 5.74) is 0.151. The summed E-state index contributed by atoms with van der Waals surface area (Å²) in [6, 6.07) is 14.3. The first-order chi connectivity index (χ1) is 15.3. The molecule has 5 nitrogen and oxygen atoms in total. The van der Waals surface area contributed by atoms with Gasteiger partial charge >= 0.3 is 6.18 Å². The van der Waals surface area contributed by atoms with Gasteiger partial charge < -0.3 is 15.4 Å². The molecule has 1 saturated carbocycles. The maximum atomic E-state index is 13.5. The van der Waals surface area contributed by atoms with Gasteiger partial charge in [-0.1, -0.05) is 24.3 Å². The summed E-state index contributed by atoms with van der Waals surface area (Å²) >= 11 is 0. The second-order valence-corrected chi connectivity index (χ2v) is 7.97. The molecule has 1 aliphatic rings. The van der Waals surface area contributed by atoms with Crippen LogP contribution in [0.2, 0.25) is 0 Å². The molecule has 0 unspecified atom stereocenters. The molecule has 3 aromatic rings. The molecule has 0 atom stereocenters. The van der Waals surface area contributed by atoms with E-state index in [1.165, 1.54) is 6.07 Å². The number of pyridine rings is 1. The van der Waals surface area contributed by atoms with Crippen molar-refractivity contribution in [2.45, 2.75) is 43.9 Å². The van der Waals surface area contributed by atoms with Crippen molar-refractivity contribution in [2.75, 3.05) is 12.4 Å². The van der Waals surface area contributed by atoms with E-state index in [1.54, 1.807) is 49.6 Å². The number of anilines is 1. The fourth-order valence-electron chi connectivity index (χ4n) is 4.11. The topological polar surface area (TPSA) is 63.2 Å². The van der Waals surface area contributed by atoms with Crippen molar-refractivity contribution >= 4 is 22.6 Å². The molecular weight excluding hydrogens is 419 g/mol. The molecule has 1 fully saturated rings. The lowest BCUT2D eigenvalue weighted by Gasteiger charge is -2.30. The van der Waals surface area contributed by atoms with Gasteiger partial charge in [-0.15, -0.1) is 0 Å². The number of carbonyl (C=O) groups is 1. The predicted molar refractivity (Wildman–Crippen MR) is 117 cm³/mol. The van der Waals surface area contributed by atoms with Crippen LogP contribution in [0.4, 0.5) is 19.0 Å². The van der Waals surface area contributed by atoms with Gasteiger partial charge in [-0.3, -0.25) is 4.79 Å². The number of nitrogens with zero attached hydrogens (tertiary/aromatic N) is 1. The molecular formula is C24H24F3N3O2. The van der Waals surface area contributed by atoms with E-state index < -0.39 is 11.7 Å². The summed E-state index contributed by atoms with van der Waals surface area (Å²) in [6.07, 6.45) is -1.56. The molecule has 1 aromatic heterocycles. The molecule has 8 heteroatoms. The number of halogens is 3. The Labute approximate surface area is 184 Å². The molecule has 0 spiro atoms. The maximum Gasteiger partial charge on any atom is 0.417 e. The number of methoxy groups -OCH3 is 1. The average molecular weight is 443 g/mol. The van der Waals surface area contributed by atoms with Gasteiger partial charge in [-0.05, 0) is 56.0 Å². The molecule has 0 radical (unpaired) electrons. The molecule has 0 aliphatic heterocycles. The summed E-state index contributed by atoms with van der Waals surface area (Å²) in [5.74, 6) is 0.679. The first kappa shape index (κ1) is 21.9. The third-order valence-corrected chi connectivity index (χ3v) is 5.77. The standard InChI is InChI=1S/C24H24F3N3O2/c1-32-18-6-4-5-15(13-18)23(31)29-17-11-9-16(10-12-17)28-22-14-20(24(25,26)27)19-7-2-3-8-21(19)30-22/h2-8,13-14,16-17H,9-12H2,1H3,(H,28,30)(H,29,31). The van der Waals surface area contributed by atoms with Gasteiger partial charge in [0.2, 0.25) is 0 Å². The van der Waals surface area contributed by atoms with Crippen LogP contribution in [-0.4, -0.2) is 30.1 Å². The van der Waals surface area contributed by atoms with Crippen LogP contribution in [0.3, 0.4) is 0 Å². The highest BCUT2D eigenvalue weighted by Gasteiger charge is 2.33. The number of carbonyl (C=O) groups excluding carboxylic acids is 1. The van der Waals surface area contributed by atoms with Crippen LogP contribution in [-0.2, 0) is 6.18 Å². The van der Waals surface area contributed by atoms with Gasteiger partial charge in [0.25, 0.3) is 5.91 Å². The van der Waals surface area contributed by atoms with E-state index in [0.29, 0.717) is 16.8 Å². The van der Waals surface area contributed by atoms with Gasteiger partial charge in [-0.2, -0.15) is 13.2 Å². The summed E-state index contributed by atoms with van der Waals surface area (Å²) in [5, 5.41) is 6.30. The largest absolute Gasteiger partial charge is 0.497 e. The molecule has 32 heavy (non-hydrogen) atoms. The molecule has 168 valence electrons. The van der Waals surface area contributed by atoms with Crippen LogP contribution in [0.25, 0.3) is 10.9 Å². The van der Waals surface area contributed by atoms with Crippen molar-refractivity contribution in [3.05, 3.63) is 65.7 Å². The fourth-order valence-corrected chi connectivity index (χ4v) is 4.11. The lowest BCUT2D eigenvalue weighted by atomic mass is 9.91. The van der Waals surface area contributed by atoms with Gasteiger partial charge in [0.1, 0.15) is 11.6 Å². The number of aromatic nitrogens is 1. The smallest absolute Gasteiger partial charge is 0.417 e. The Hall–Kier alpha value is -3.29. The number of benzene rings is 2. The van der Waals surface area contributed by atoms with E-state index in [9.17, 15) is 18.0 Å². The Bertz CT molecular complexity index is 1110. The number of rotatable bonds is 5. The second kappa shape index (κ2) is 9.06. The lowest BCUT2D eigenvalue weighted by Crippen LogP contribution is -2.40. The molecule has 2 N–H and O–H groups in total. The van der Waals surface area contributed by atoms with Crippen molar-refractivity contribution < 1.29 is 22.7 Å². The number of hydrogen-bond acceptors (Lipinski definition) is 4. The van der Waals surface area contributed by atoms with Crippen LogP contribution in [0, 0.1) is 0 Å². The van der Waals surface area contributed by atoms with E-state index in [0.717, 1.165) is 31.7 Å². The maximum absolute atomic E-state index is 13.5. The minimum atomic E-state index is -4.46. The molecule has 1 amide bonds. The second-order valence-electron chi connectivity index (χ2n) is 7.97. The molecule has 2 aromatic carbocycles. The van der Waals surface area contributed by atoms with Crippen LogP contribution in [0.15, 0.2) is 54.6 Å². The Balaban J connectivity index is 1.39. The fraction of sp³-hybridized carbons (Fsp3) is 0.333. The lowest BCUT2D eigenvalue weighted by molar-refractivity contribution is -0.136. The molecule has 4 rings (SSSR count). The normalized spacial score (nSPS) is 18.9. The molecule has 0 bridgehead atoms. The Morgan fingerprint density at radius 2 is 1.72 bits per heavy atom. The van der Waals surface area contributed by atoms with E-state index in [1.807, 2.05) is 0 Å². The first-order valence-corrected chi connectivity index (χ1v) is 10.5. The summed E-state index contributed by atoms with van der Waals surface area (Å²) in [4.78, 5) is 16.9. The number of para-hydroxylation sites is 1. The zero-order chi connectivity index (χ0) is 22.7. The third-order valence-electron chi connectivity index (χ3n) is 5.77. The Kier molecular flexibility index (Phi) is 6.21. The summed E-state index contributed by atoms with van der Waals surface area (Å²) < 4.78 is 45.8. The average Bonchev–Trinajstić information content (AvgIpc) is 2.79. The predicted octanol–water partition coefficient (Wildman–Crippen LogP) is 5.42. The van der Waals surface area contributed by atoms with Crippen molar-refractivity contribution in [1.82, 2.24) is 10.3 Å². The monoisotopic (exact) mass is 443 g/mol. The van der Waals surface area contributed by atoms with Crippen molar-refractivity contribution in [2.24, 2.45) is 0 Å². The van der Waals surface area contributed by atoms with Gasteiger partial charge in [0, 0.05) is 23.0 Å².